The number of aromatic nitrogens is 3. The highest BCUT2D eigenvalue weighted by Gasteiger charge is 2.22. The Kier molecular flexibility index (Phi) is 6.23. The van der Waals surface area contributed by atoms with Gasteiger partial charge in [-0.3, -0.25) is 4.79 Å². The molecular weight excluding hydrogens is 461 g/mol. The van der Waals surface area contributed by atoms with E-state index < -0.39 is 12.0 Å². The number of nitrogens with one attached hydrogen (secondary N) is 1. The first-order chi connectivity index (χ1) is 15.8. The second kappa shape index (κ2) is 9.10. The maximum Gasteiger partial charge on any atom is 0.266 e. The van der Waals surface area contributed by atoms with Crippen LogP contribution >= 0.6 is 23.2 Å². The van der Waals surface area contributed by atoms with Gasteiger partial charge in [-0.05, 0) is 56.2 Å². The van der Waals surface area contributed by atoms with Crippen LogP contribution in [0.2, 0.25) is 10.0 Å². The van der Waals surface area contributed by atoms with Crippen molar-refractivity contribution >= 4 is 45.8 Å². The molecule has 33 heavy (non-hydrogen) atoms. The quantitative estimate of drug-likeness (QED) is 0.400. The van der Waals surface area contributed by atoms with Gasteiger partial charge in [-0.25, -0.2) is 4.98 Å². The Morgan fingerprint density at radius 3 is 2.70 bits per heavy atom. The lowest BCUT2D eigenvalue weighted by Crippen LogP contribution is -2.31. The van der Waals surface area contributed by atoms with E-state index >= 15 is 0 Å². The highest BCUT2D eigenvalue weighted by Crippen LogP contribution is 2.29. The van der Waals surface area contributed by atoms with E-state index in [9.17, 15) is 10.1 Å². The molecule has 0 saturated heterocycles. The summed E-state index contributed by atoms with van der Waals surface area (Å²) in [6, 6.07) is 14.6. The molecule has 2 aromatic heterocycles. The van der Waals surface area contributed by atoms with Crippen LogP contribution < -0.4 is 10.1 Å². The van der Waals surface area contributed by atoms with Crippen molar-refractivity contribution in [2.24, 2.45) is 0 Å². The van der Waals surface area contributed by atoms with Crippen LogP contribution in [0, 0.1) is 25.2 Å². The zero-order valence-corrected chi connectivity index (χ0v) is 19.6. The lowest BCUT2D eigenvalue weighted by molar-refractivity contribution is -0.122. The number of benzene rings is 2. The van der Waals surface area contributed by atoms with Crippen LogP contribution in [0.4, 0.5) is 5.82 Å². The van der Waals surface area contributed by atoms with Gasteiger partial charge in [0.2, 0.25) is 0 Å². The van der Waals surface area contributed by atoms with Gasteiger partial charge in [0.05, 0.1) is 16.7 Å². The molecule has 0 bridgehead atoms. The summed E-state index contributed by atoms with van der Waals surface area (Å²) in [6.07, 6.45) is 0.475. The van der Waals surface area contributed by atoms with E-state index in [2.05, 4.69) is 16.5 Å². The number of aryl methyl sites for hydroxylation is 2. The van der Waals surface area contributed by atoms with Gasteiger partial charge in [-0.2, -0.15) is 15.0 Å². The number of hydrogen-bond donors (Lipinski definition) is 1. The molecule has 1 atom stereocenters. The standard InChI is InChI=1S/C24H19Cl2N5O2/c1-13-5-4-6-18-14(2)9-21(29-22(13)18)31-23(16(11-27)12-28-31)30-24(32)15(3)33-20-8-7-17(25)10-19(20)26/h4-10,12,15H,1-3H3,(H,30,32). The number of carbonyl (C=O) groups excluding carboxylic acids is 1. The van der Waals surface area contributed by atoms with Gasteiger partial charge in [-0.1, -0.05) is 41.4 Å². The number of carbonyl (C=O) groups is 1. The van der Waals surface area contributed by atoms with E-state index in [0.29, 0.717) is 16.6 Å². The molecule has 7 nitrogen and oxygen atoms in total. The SMILES string of the molecule is Cc1cc(-n2ncc(C#N)c2NC(=O)C(C)Oc2ccc(Cl)cc2Cl)nc2c(C)cccc12. The van der Waals surface area contributed by atoms with Crippen LogP contribution in [-0.4, -0.2) is 26.8 Å². The Bertz CT molecular complexity index is 1420. The van der Waals surface area contributed by atoms with Gasteiger partial charge in [0.15, 0.2) is 17.7 Å². The molecule has 1 amide bonds. The molecule has 9 heteroatoms. The number of fused-ring (bicyclic) bond motifs is 1. The van der Waals surface area contributed by atoms with E-state index in [-0.39, 0.29) is 16.4 Å². The molecule has 4 rings (SSSR count). The number of pyridine rings is 1. The van der Waals surface area contributed by atoms with Gasteiger partial charge in [-0.15, -0.1) is 0 Å². The van der Waals surface area contributed by atoms with Crippen molar-refractivity contribution in [3.8, 4) is 17.6 Å². The molecule has 0 aliphatic rings. The number of halogens is 2. The van der Waals surface area contributed by atoms with E-state index in [1.54, 1.807) is 19.1 Å². The zero-order valence-electron chi connectivity index (χ0n) is 18.1. The normalized spacial score (nSPS) is 11.8. The number of para-hydroxylation sites is 1. The average Bonchev–Trinajstić information content (AvgIpc) is 3.18. The smallest absolute Gasteiger partial charge is 0.266 e. The van der Waals surface area contributed by atoms with Crippen molar-refractivity contribution in [2.45, 2.75) is 26.9 Å². The summed E-state index contributed by atoms with van der Waals surface area (Å²) in [7, 11) is 0. The largest absolute Gasteiger partial charge is 0.479 e. The molecule has 0 radical (unpaired) electrons. The van der Waals surface area contributed by atoms with E-state index in [1.165, 1.54) is 16.9 Å². The van der Waals surface area contributed by atoms with Crippen LogP contribution in [0.25, 0.3) is 16.7 Å². The molecule has 0 fully saturated rings. The Balaban J connectivity index is 1.66. The van der Waals surface area contributed by atoms with Crippen molar-refractivity contribution < 1.29 is 9.53 Å². The fourth-order valence-electron chi connectivity index (χ4n) is 3.41. The second-order valence-corrected chi connectivity index (χ2v) is 8.37. The molecular formula is C24H19Cl2N5O2. The molecule has 166 valence electrons. The summed E-state index contributed by atoms with van der Waals surface area (Å²) in [4.78, 5) is 17.6. The Hall–Kier alpha value is -3.60. The van der Waals surface area contributed by atoms with Crippen LogP contribution in [0.5, 0.6) is 5.75 Å². The molecule has 1 unspecified atom stereocenters. The van der Waals surface area contributed by atoms with Crippen molar-refractivity contribution in [3.63, 3.8) is 0 Å². The summed E-state index contributed by atoms with van der Waals surface area (Å²) >= 11 is 12.1. The number of nitriles is 1. The van der Waals surface area contributed by atoms with Crippen molar-refractivity contribution in [1.82, 2.24) is 14.8 Å². The third kappa shape index (κ3) is 4.49. The number of anilines is 1. The first-order valence-corrected chi connectivity index (χ1v) is 10.8. The minimum Gasteiger partial charge on any atom is -0.479 e. The maximum absolute atomic E-state index is 12.9. The van der Waals surface area contributed by atoms with Crippen LogP contribution in [0.1, 0.15) is 23.6 Å². The molecule has 1 N–H and O–H groups in total. The van der Waals surface area contributed by atoms with E-state index in [4.69, 9.17) is 32.9 Å². The van der Waals surface area contributed by atoms with Crippen LogP contribution in [0.3, 0.4) is 0 Å². The Morgan fingerprint density at radius 1 is 1.18 bits per heavy atom. The number of ether oxygens (including phenoxy) is 1. The summed E-state index contributed by atoms with van der Waals surface area (Å²) in [5.41, 5.74) is 3.04. The highest BCUT2D eigenvalue weighted by molar-refractivity contribution is 6.35. The third-order valence-corrected chi connectivity index (χ3v) is 5.68. The predicted molar refractivity (Wildman–Crippen MR) is 128 cm³/mol. The second-order valence-electron chi connectivity index (χ2n) is 7.52. The summed E-state index contributed by atoms with van der Waals surface area (Å²) in [5.74, 6) is 0.536. The van der Waals surface area contributed by atoms with Crippen molar-refractivity contribution in [1.29, 1.82) is 5.26 Å². The topological polar surface area (TPSA) is 92.8 Å². The first-order valence-electron chi connectivity index (χ1n) is 10.1. The molecule has 2 aromatic carbocycles. The molecule has 4 aromatic rings. The molecule has 0 aliphatic carbocycles. The fraction of sp³-hybridized carbons (Fsp3) is 0.167. The molecule has 0 aliphatic heterocycles. The number of nitrogens with zero attached hydrogens (tertiary/aromatic N) is 4. The van der Waals surface area contributed by atoms with Crippen LogP contribution in [-0.2, 0) is 4.79 Å². The summed E-state index contributed by atoms with van der Waals surface area (Å²) in [5, 5.41) is 18.4. The Labute approximate surface area is 200 Å². The monoisotopic (exact) mass is 479 g/mol. The number of amides is 1. The number of hydrogen-bond acceptors (Lipinski definition) is 5. The predicted octanol–water partition coefficient (Wildman–Crippen LogP) is 5.62. The van der Waals surface area contributed by atoms with Gasteiger partial charge in [0.1, 0.15) is 17.4 Å². The minimum atomic E-state index is -0.910. The average molecular weight is 480 g/mol. The molecule has 0 saturated carbocycles. The molecule has 0 spiro atoms. The van der Waals surface area contributed by atoms with E-state index in [1.807, 2.05) is 38.1 Å². The van der Waals surface area contributed by atoms with Crippen molar-refractivity contribution in [2.75, 3.05) is 5.32 Å². The Morgan fingerprint density at radius 2 is 1.97 bits per heavy atom. The lowest BCUT2D eigenvalue weighted by atomic mass is 10.1. The van der Waals surface area contributed by atoms with Crippen LogP contribution in [0.15, 0.2) is 48.7 Å². The van der Waals surface area contributed by atoms with E-state index in [0.717, 1.165) is 22.0 Å². The van der Waals surface area contributed by atoms with Gasteiger partial charge < -0.3 is 10.1 Å². The highest BCUT2D eigenvalue weighted by atomic mass is 35.5. The first kappa shape index (κ1) is 22.6. The maximum atomic E-state index is 12.9. The zero-order chi connectivity index (χ0) is 23.7. The van der Waals surface area contributed by atoms with Gasteiger partial charge in [0.25, 0.3) is 5.91 Å². The fourth-order valence-corrected chi connectivity index (χ4v) is 3.86. The number of rotatable bonds is 5. The van der Waals surface area contributed by atoms with Gasteiger partial charge in [0, 0.05) is 10.4 Å². The summed E-state index contributed by atoms with van der Waals surface area (Å²) < 4.78 is 7.13. The van der Waals surface area contributed by atoms with Crippen molar-refractivity contribution in [3.05, 3.63) is 75.4 Å². The lowest BCUT2D eigenvalue weighted by Gasteiger charge is -2.17. The summed E-state index contributed by atoms with van der Waals surface area (Å²) in [6.45, 7) is 5.53. The minimum absolute atomic E-state index is 0.199. The third-order valence-electron chi connectivity index (χ3n) is 5.15. The molecule has 2 heterocycles. The van der Waals surface area contributed by atoms with Gasteiger partial charge >= 0.3 is 0 Å².